The molecule has 0 saturated carbocycles. The van der Waals surface area contributed by atoms with Gasteiger partial charge in [-0.05, 0) is 68.1 Å². The van der Waals surface area contributed by atoms with Crippen LogP contribution in [0.4, 0.5) is 5.69 Å². The minimum absolute atomic E-state index is 0.111. The van der Waals surface area contributed by atoms with Crippen molar-refractivity contribution in [1.82, 2.24) is 4.57 Å². The van der Waals surface area contributed by atoms with Crippen LogP contribution in [0.1, 0.15) is 39.7 Å². The van der Waals surface area contributed by atoms with Crippen molar-refractivity contribution in [2.75, 3.05) is 5.32 Å². The maximum Gasteiger partial charge on any atom is 0.261 e. The van der Waals surface area contributed by atoms with Crippen LogP contribution in [0.5, 0.6) is 0 Å². The van der Waals surface area contributed by atoms with Gasteiger partial charge in [0.25, 0.3) is 5.91 Å². The number of para-hydroxylation sites is 1. The lowest BCUT2D eigenvalue weighted by Crippen LogP contribution is -2.27. The van der Waals surface area contributed by atoms with Gasteiger partial charge < -0.3 is 9.88 Å². The molecule has 0 aliphatic heterocycles. The van der Waals surface area contributed by atoms with E-state index in [0.29, 0.717) is 10.7 Å². The predicted octanol–water partition coefficient (Wildman–Crippen LogP) is 6.90. The maximum absolute atomic E-state index is 13.8. The number of anilines is 1. The van der Waals surface area contributed by atoms with Gasteiger partial charge in [0.2, 0.25) is 0 Å². The predicted molar refractivity (Wildman–Crippen MR) is 140 cm³/mol. The summed E-state index contributed by atoms with van der Waals surface area (Å²) in [6, 6.07) is 22.6. The van der Waals surface area contributed by atoms with E-state index in [1.165, 1.54) is 6.07 Å². The summed E-state index contributed by atoms with van der Waals surface area (Å²) >= 11 is 6.14. The molecule has 0 unspecified atom stereocenters. The third kappa shape index (κ3) is 4.42. The number of hydrogen-bond acceptors (Lipinski definition) is 2. The average Bonchev–Trinajstić information content (AvgIpc) is 2.81. The second-order valence-electron chi connectivity index (χ2n) is 8.42. The average molecular weight is 471 g/mol. The highest BCUT2D eigenvalue weighted by atomic mass is 35.5. The summed E-state index contributed by atoms with van der Waals surface area (Å²) in [6.07, 6.45) is 0.769. The van der Waals surface area contributed by atoms with Gasteiger partial charge in [-0.3, -0.25) is 9.59 Å². The minimum Gasteiger partial charge on any atom is -0.321 e. The molecule has 4 aromatic rings. The molecule has 1 N–H and O–H groups in total. The van der Waals surface area contributed by atoms with Crippen molar-refractivity contribution < 1.29 is 4.79 Å². The summed E-state index contributed by atoms with van der Waals surface area (Å²) in [6.45, 7) is 7.85. The number of benzene rings is 3. The summed E-state index contributed by atoms with van der Waals surface area (Å²) in [5.41, 5.74) is 6.43. The first-order chi connectivity index (χ1) is 16.3. The minimum atomic E-state index is -0.421. The number of hydrogen-bond donors (Lipinski definition) is 1. The van der Waals surface area contributed by atoms with Crippen LogP contribution in [0.2, 0.25) is 5.02 Å². The maximum atomic E-state index is 13.8. The monoisotopic (exact) mass is 470 g/mol. The number of nitrogens with one attached hydrogen (secondary N) is 1. The smallest absolute Gasteiger partial charge is 0.261 e. The number of pyridine rings is 1. The zero-order valence-corrected chi connectivity index (χ0v) is 20.5. The Morgan fingerprint density at radius 1 is 0.912 bits per heavy atom. The van der Waals surface area contributed by atoms with E-state index in [1.807, 2.05) is 86.9 Å². The van der Waals surface area contributed by atoms with Gasteiger partial charge in [-0.2, -0.15) is 0 Å². The Balaban J connectivity index is 2.01. The Hall–Kier alpha value is -3.63. The number of rotatable bonds is 5. The molecule has 0 spiro atoms. The highest BCUT2D eigenvalue weighted by Gasteiger charge is 2.24. The van der Waals surface area contributed by atoms with E-state index in [9.17, 15) is 9.59 Å². The van der Waals surface area contributed by atoms with Gasteiger partial charge in [0.1, 0.15) is 5.56 Å². The van der Waals surface area contributed by atoms with E-state index in [-0.39, 0.29) is 11.0 Å². The summed E-state index contributed by atoms with van der Waals surface area (Å²) in [5, 5.41) is 3.67. The molecule has 0 aliphatic rings. The van der Waals surface area contributed by atoms with Crippen molar-refractivity contribution in [3.8, 4) is 16.9 Å². The topological polar surface area (TPSA) is 51.1 Å². The first-order valence-electron chi connectivity index (χ1n) is 11.3. The molecule has 0 bridgehead atoms. The van der Waals surface area contributed by atoms with Crippen LogP contribution in [-0.4, -0.2) is 10.5 Å². The van der Waals surface area contributed by atoms with Gasteiger partial charge in [0.05, 0.1) is 5.69 Å². The standard InChI is InChI=1S/C29H27ClN2O2/c1-5-21-11-8-10-19(3)27(21)31-29(34)26-25(33)17-20(4)32(23-15-13-22(30)14-16-23)28(26)24-12-7-6-9-18(24)2/h6-17H,5H2,1-4H3,(H,31,34). The third-order valence-electron chi connectivity index (χ3n) is 6.09. The van der Waals surface area contributed by atoms with E-state index in [2.05, 4.69) is 5.32 Å². The van der Waals surface area contributed by atoms with E-state index in [1.54, 1.807) is 12.1 Å². The van der Waals surface area contributed by atoms with Crippen LogP contribution < -0.4 is 10.7 Å². The molecule has 0 fully saturated rings. The van der Waals surface area contributed by atoms with E-state index < -0.39 is 5.91 Å². The fourth-order valence-corrected chi connectivity index (χ4v) is 4.47. The van der Waals surface area contributed by atoms with Crippen LogP contribution in [0.3, 0.4) is 0 Å². The summed E-state index contributed by atoms with van der Waals surface area (Å²) < 4.78 is 1.95. The molecule has 4 rings (SSSR count). The third-order valence-corrected chi connectivity index (χ3v) is 6.34. The number of carbonyl (C=O) groups is 1. The number of nitrogens with zero attached hydrogens (tertiary/aromatic N) is 1. The number of aryl methyl sites for hydroxylation is 4. The van der Waals surface area contributed by atoms with Crippen LogP contribution in [0, 0.1) is 20.8 Å². The van der Waals surface area contributed by atoms with Crippen molar-refractivity contribution in [2.24, 2.45) is 0 Å². The molecule has 1 aromatic heterocycles. The van der Waals surface area contributed by atoms with Crippen molar-refractivity contribution in [3.05, 3.63) is 116 Å². The zero-order chi connectivity index (χ0) is 24.4. The Kier molecular flexibility index (Phi) is 6.71. The molecule has 3 aromatic carbocycles. The van der Waals surface area contributed by atoms with Gasteiger partial charge >= 0.3 is 0 Å². The molecule has 0 atom stereocenters. The van der Waals surface area contributed by atoms with E-state index >= 15 is 0 Å². The molecule has 0 radical (unpaired) electrons. The molecule has 172 valence electrons. The number of halogens is 1. The van der Waals surface area contributed by atoms with Crippen LogP contribution >= 0.6 is 11.6 Å². The zero-order valence-electron chi connectivity index (χ0n) is 19.8. The van der Waals surface area contributed by atoms with Crippen molar-refractivity contribution in [3.63, 3.8) is 0 Å². The van der Waals surface area contributed by atoms with Gasteiger partial charge in [-0.25, -0.2) is 0 Å². The molecule has 0 saturated heterocycles. The van der Waals surface area contributed by atoms with E-state index in [0.717, 1.165) is 45.7 Å². The normalized spacial score (nSPS) is 10.9. The fourth-order valence-electron chi connectivity index (χ4n) is 4.35. The fraction of sp³-hybridized carbons (Fsp3) is 0.172. The molecule has 0 aliphatic carbocycles. The Labute approximate surface area is 204 Å². The van der Waals surface area contributed by atoms with Crippen molar-refractivity contribution in [2.45, 2.75) is 34.1 Å². The Bertz CT molecular complexity index is 1440. The quantitative estimate of drug-likeness (QED) is 0.345. The first kappa shape index (κ1) is 23.5. The van der Waals surface area contributed by atoms with Crippen LogP contribution in [0.25, 0.3) is 16.9 Å². The SMILES string of the molecule is CCc1cccc(C)c1NC(=O)c1c(-c2ccccc2C)n(-c2ccc(Cl)cc2)c(C)cc1=O. The first-order valence-corrected chi connectivity index (χ1v) is 11.7. The number of aromatic nitrogens is 1. The molecule has 1 heterocycles. The van der Waals surface area contributed by atoms with Gasteiger partial charge in [0.15, 0.2) is 5.43 Å². The molecule has 5 heteroatoms. The van der Waals surface area contributed by atoms with Gasteiger partial charge in [-0.15, -0.1) is 0 Å². The molecule has 34 heavy (non-hydrogen) atoms. The molecular formula is C29H27ClN2O2. The number of carbonyl (C=O) groups excluding carboxylic acids is 1. The van der Waals surface area contributed by atoms with Crippen LogP contribution in [0.15, 0.2) is 77.6 Å². The van der Waals surface area contributed by atoms with Gasteiger partial charge in [-0.1, -0.05) is 61.0 Å². The van der Waals surface area contributed by atoms with E-state index in [4.69, 9.17) is 11.6 Å². The number of amides is 1. The molecule has 1 amide bonds. The lowest BCUT2D eigenvalue weighted by molar-refractivity contribution is 0.102. The van der Waals surface area contributed by atoms with Gasteiger partial charge in [0, 0.05) is 33.7 Å². The van der Waals surface area contributed by atoms with Crippen molar-refractivity contribution in [1.29, 1.82) is 0 Å². The lowest BCUT2D eigenvalue weighted by atomic mass is 9.98. The summed E-state index contributed by atoms with van der Waals surface area (Å²) in [4.78, 5) is 27.1. The highest BCUT2D eigenvalue weighted by Crippen LogP contribution is 2.31. The lowest BCUT2D eigenvalue weighted by Gasteiger charge is -2.22. The molecular weight excluding hydrogens is 444 g/mol. The highest BCUT2D eigenvalue weighted by molar-refractivity contribution is 6.30. The second-order valence-corrected chi connectivity index (χ2v) is 8.85. The Morgan fingerprint density at radius 2 is 1.59 bits per heavy atom. The van der Waals surface area contributed by atoms with Crippen molar-refractivity contribution >= 4 is 23.2 Å². The second kappa shape index (κ2) is 9.70. The molecule has 4 nitrogen and oxygen atoms in total. The largest absolute Gasteiger partial charge is 0.321 e. The summed E-state index contributed by atoms with van der Waals surface area (Å²) in [5.74, 6) is -0.421. The van der Waals surface area contributed by atoms with Crippen LogP contribution in [-0.2, 0) is 6.42 Å². The summed E-state index contributed by atoms with van der Waals surface area (Å²) in [7, 11) is 0. The Morgan fingerprint density at radius 3 is 2.26 bits per heavy atom.